The van der Waals surface area contributed by atoms with Gasteiger partial charge in [-0.1, -0.05) is 13.3 Å². The van der Waals surface area contributed by atoms with Gasteiger partial charge in [-0.2, -0.15) is 0 Å². The molecule has 0 aromatic carbocycles. The second-order valence-corrected chi connectivity index (χ2v) is 6.07. The van der Waals surface area contributed by atoms with E-state index in [2.05, 4.69) is 24.5 Å². The van der Waals surface area contributed by atoms with Gasteiger partial charge in [0.05, 0.1) is 5.60 Å². The van der Waals surface area contributed by atoms with Crippen molar-refractivity contribution in [3.8, 4) is 0 Å². The lowest BCUT2D eigenvalue weighted by atomic mass is 9.91. The van der Waals surface area contributed by atoms with E-state index in [-0.39, 0.29) is 5.60 Å². The molecule has 0 aromatic heterocycles. The van der Waals surface area contributed by atoms with Gasteiger partial charge in [0.25, 0.3) is 0 Å². The highest BCUT2D eigenvalue weighted by Crippen LogP contribution is 2.26. The molecule has 17 heavy (non-hydrogen) atoms. The molecule has 0 spiro atoms. The van der Waals surface area contributed by atoms with Crippen LogP contribution in [0.15, 0.2) is 0 Å². The fourth-order valence-electron chi connectivity index (χ4n) is 3.34. The highest BCUT2D eigenvalue weighted by molar-refractivity contribution is 4.95. The van der Waals surface area contributed by atoms with E-state index >= 15 is 0 Å². The smallest absolute Gasteiger partial charge is 0.0779 e. The highest BCUT2D eigenvalue weighted by atomic mass is 16.5. The van der Waals surface area contributed by atoms with Gasteiger partial charge in [-0.3, -0.25) is 0 Å². The molecule has 0 amide bonds. The van der Waals surface area contributed by atoms with Crippen molar-refractivity contribution < 1.29 is 4.74 Å². The van der Waals surface area contributed by atoms with Crippen molar-refractivity contribution in [3.63, 3.8) is 0 Å². The Morgan fingerprint density at radius 3 is 2.71 bits per heavy atom. The van der Waals surface area contributed by atoms with E-state index in [1.54, 1.807) is 0 Å². The summed E-state index contributed by atoms with van der Waals surface area (Å²) < 4.78 is 5.82. The second kappa shape index (κ2) is 5.68. The summed E-state index contributed by atoms with van der Waals surface area (Å²) in [6.45, 7) is 8.75. The van der Waals surface area contributed by atoms with Gasteiger partial charge in [0, 0.05) is 25.2 Å². The van der Waals surface area contributed by atoms with Gasteiger partial charge in [-0.25, -0.2) is 0 Å². The molecule has 0 bridgehead atoms. The van der Waals surface area contributed by atoms with Crippen LogP contribution in [0.4, 0.5) is 0 Å². The third-order valence-electron chi connectivity index (χ3n) is 4.32. The second-order valence-electron chi connectivity index (χ2n) is 6.07. The number of hydrogen-bond acceptors (Lipinski definition) is 3. The predicted molar refractivity (Wildman–Crippen MR) is 71.3 cm³/mol. The molecule has 2 saturated heterocycles. The third-order valence-corrected chi connectivity index (χ3v) is 4.32. The van der Waals surface area contributed by atoms with Crippen LogP contribution < -0.4 is 10.6 Å². The first-order chi connectivity index (χ1) is 8.18. The Morgan fingerprint density at radius 2 is 2.12 bits per heavy atom. The van der Waals surface area contributed by atoms with Crippen LogP contribution in [0.5, 0.6) is 0 Å². The van der Waals surface area contributed by atoms with E-state index < -0.39 is 0 Å². The number of hydrogen-bond donors (Lipinski definition) is 2. The van der Waals surface area contributed by atoms with Crippen molar-refractivity contribution in [2.24, 2.45) is 0 Å². The normalized spacial score (nSPS) is 37.8. The van der Waals surface area contributed by atoms with Crippen LogP contribution >= 0.6 is 0 Å². The molecule has 2 heterocycles. The lowest BCUT2D eigenvalue weighted by molar-refractivity contribution is 0.0196. The molecule has 0 aliphatic carbocycles. The van der Waals surface area contributed by atoms with Crippen LogP contribution in [-0.2, 0) is 4.74 Å². The Kier molecular flexibility index (Phi) is 4.45. The maximum absolute atomic E-state index is 5.82. The predicted octanol–water partition coefficient (Wildman–Crippen LogP) is 2.07. The largest absolute Gasteiger partial charge is 0.374 e. The zero-order valence-electron chi connectivity index (χ0n) is 11.5. The van der Waals surface area contributed by atoms with Crippen LogP contribution in [0.3, 0.4) is 0 Å². The summed E-state index contributed by atoms with van der Waals surface area (Å²) in [5.41, 5.74) is 0.454. The fraction of sp³-hybridized carbons (Fsp3) is 1.00. The van der Waals surface area contributed by atoms with Crippen molar-refractivity contribution in [2.45, 2.75) is 63.5 Å². The average Bonchev–Trinajstić information content (AvgIpc) is 2.90. The van der Waals surface area contributed by atoms with Crippen molar-refractivity contribution in [3.05, 3.63) is 0 Å². The Balaban J connectivity index is 1.75. The summed E-state index contributed by atoms with van der Waals surface area (Å²) in [4.78, 5) is 0. The molecule has 2 aliphatic heterocycles. The molecule has 2 aliphatic rings. The summed E-state index contributed by atoms with van der Waals surface area (Å²) in [5, 5.41) is 7.35. The maximum Gasteiger partial charge on any atom is 0.0779 e. The van der Waals surface area contributed by atoms with Crippen LogP contribution in [0.25, 0.3) is 0 Å². The molecule has 100 valence electrons. The third kappa shape index (κ3) is 3.43. The maximum atomic E-state index is 5.82. The number of rotatable bonds is 6. The van der Waals surface area contributed by atoms with Crippen LogP contribution in [-0.4, -0.2) is 37.4 Å². The average molecular weight is 240 g/mol. The lowest BCUT2D eigenvalue weighted by Crippen LogP contribution is -2.51. The van der Waals surface area contributed by atoms with E-state index in [1.165, 1.54) is 45.1 Å². The molecule has 3 heteroatoms. The summed E-state index contributed by atoms with van der Waals surface area (Å²) in [6, 6.07) is 0. The molecular formula is C14H28N2O. The van der Waals surface area contributed by atoms with Crippen molar-refractivity contribution in [1.82, 2.24) is 10.6 Å². The first kappa shape index (κ1) is 13.3. The van der Waals surface area contributed by atoms with E-state index in [4.69, 9.17) is 4.74 Å². The summed E-state index contributed by atoms with van der Waals surface area (Å²) in [6.07, 6.45) is 7.63. The van der Waals surface area contributed by atoms with Gasteiger partial charge < -0.3 is 15.4 Å². The van der Waals surface area contributed by atoms with E-state index in [0.717, 1.165) is 19.7 Å². The molecule has 0 saturated carbocycles. The quantitative estimate of drug-likeness (QED) is 0.745. The molecule has 2 atom stereocenters. The fourth-order valence-corrected chi connectivity index (χ4v) is 3.34. The SMILES string of the molecule is CCCC1(CNCC2(C)CCCO2)CCCN1. The van der Waals surface area contributed by atoms with E-state index in [9.17, 15) is 0 Å². The van der Waals surface area contributed by atoms with Gasteiger partial charge in [-0.15, -0.1) is 0 Å². The Labute approximate surface area is 106 Å². The minimum Gasteiger partial charge on any atom is -0.374 e. The van der Waals surface area contributed by atoms with Gasteiger partial charge in [0.15, 0.2) is 0 Å². The van der Waals surface area contributed by atoms with Gasteiger partial charge in [0.2, 0.25) is 0 Å². The number of nitrogens with one attached hydrogen (secondary N) is 2. The van der Waals surface area contributed by atoms with Crippen molar-refractivity contribution in [1.29, 1.82) is 0 Å². The lowest BCUT2D eigenvalue weighted by Gasteiger charge is -2.32. The molecule has 2 N–H and O–H groups in total. The first-order valence-corrected chi connectivity index (χ1v) is 7.28. The van der Waals surface area contributed by atoms with Gasteiger partial charge in [-0.05, 0) is 45.6 Å². The molecular weight excluding hydrogens is 212 g/mol. The molecule has 3 nitrogen and oxygen atoms in total. The zero-order chi connectivity index (χ0) is 12.2. The monoisotopic (exact) mass is 240 g/mol. The van der Waals surface area contributed by atoms with Gasteiger partial charge >= 0.3 is 0 Å². The molecule has 2 rings (SSSR count). The summed E-state index contributed by atoms with van der Waals surface area (Å²) in [5.74, 6) is 0. The Hall–Kier alpha value is -0.120. The minimum atomic E-state index is 0.0893. The van der Waals surface area contributed by atoms with E-state index in [0.29, 0.717) is 5.54 Å². The topological polar surface area (TPSA) is 33.3 Å². The molecule has 2 unspecified atom stereocenters. The minimum absolute atomic E-state index is 0.0893. The molecule has 0 aromatic rings. The first-order valence-electron chi connectivity index (χ1n) is 7.28. The van der Waals surface area contributed by atoms with Crippen LogP contribution in [0, 0.1) is 0 Å². The Bertz CT molecular complexity index is 230. The van der Waals surface area contributed by atoms with E-state index in [1.807, 2.05) is 0 Å². The standard InChI is InChI=1S/C14H28N2O/c1-3-6-14(8-4-9-16-14)12-15-11-13(2)7-5-10-17-13/h15-16H,3-12H2,1-2H3. The molecule has 0 radical (unpaired) electrons. The molecule has 2 fully saturated rings. The van der Waals surface area contributed by atoms with Crippen molar-refractivity contribution in [2.75, 3.05) is 26.2 Å². The van der Waals surface area contributed by atoms with Gasteiger partial charge in [0.1, 0.15) is 0 Å². The highest BCUT2D eigenvalue weighted by Gasteiger charge is 2.34. The van der Waals surface area contributed by atoms with Crippen LogP contribution in [0.1, 0.15) is 52.4 Å². The van der Waals surface area contributed by atoms with Crippen molar-refractivity contribution >= 4 is 0 Å². The zero-order valence-corrected chi connectivity index (χ0v) is 11.5. The van der Waals surface area contributed by atoms with Crippen LogP contribution in [0.2, 0.25) is 0 Å². The Morgan fingerprint density at radius 1 is 1.24 bits per heavy atom. The number of ether oxygens (including phenoxy) is 1. The summed E-state index contributed by atoms with van der Waals surface area (Å²) in [7, 11) is 0. The summed E-state index contributed by atoms with van der Waals surface area (Å²) >= 11 is 0.